The van der Waals surface area contributed by atoms with Crippen molar-refractivity contribution in [2.45, 2.75) is 13.8 Å². The van der Waals surface area contributed by atoms with Crippen molar-refractivity contribution in [1.29, 1.82) is 0 Å². The smallest absolute Gasteiger partial charge is 0.0952 e. The van der Waals surface area contributed by atoms with Gasteiger partial charge >= 0.3 is 0 Å². The summed E-state index contributed by atoms with van der Waals surface area (Å²) >= 11 is 0. The summed E-state index contributed by atoms with van der Waals surface area (Å²) in [5.41, 5.74) is 10.6. The van der Waals surface area contributed by atoms with Crippen LogP contribution in [0.15, 0.2) is 36.5 Å². The predicted molar refractivity (Wildman–Crippen MR) is 72.8 cm³/mol. The number of nitrogen functional groups attached to an aromatic ring is 1. The fourth-order valence-corrected chi connectivity index (χ4v) is 2.24. The number of hydrogen-bond donors (Lipinski definition) is 1. The third-order valence-corrected chi connectivity index (χ3v) is 3.02. The monoisotopic (exact) mass is 238 g/mol. The highest BCUT2D eigenvalue weighted by Crippen LogP contribution is 2.26. The molecule has 3 rings (SSSR count). The third kappa shape index (κ3) is 1.54. The molecule has 0 spiro atoms. The van der Waals surface area contributed by atoms with Crippen LogP contribution in [-0.2, 0) is 0 Å². The van der Waals surface area contributed by atoms with Gasteiger partial charge in [0.05, 0.1) is 22.6 Å². The Bertz CT molecular complexity index is 728. The number of hydrogen-bond acceptors (Lipinski definition) is 3. The second kappa shape index (κ2) is 3.84. The molecular formula is C14H14N4. The minimum Gasteiger partial charge on any atom is -0.397 e. The van der Waals surface area contributed by atoms with E-state index in [1.54, 1.807) is 6.20 Å². The molecule has 0 aliphatic heterocycles. The van der Waals surface area contributed by atoms with E-state index >= 15 is 0 Å². The maximum atomic E-state index is 5.95. The zero-order chi connectivity index (χ0) is 12.7. The normalized spacial score (nSPS) is 11.0. The van der Waals surface area contributed by atoms with Crippen molar-refractivity contribution in [2.75, 3.05) is 5.73 Å². The summed E-state index contributed by atoms with van der Waals surface area (Å²) in [6.45, 7) is 4.03. The van der Waals surface area contributed by atoms with Crippen LogP contribution in [0.1, 0.15) is 11.4 Å². The van der Waals surface area contributed by atoms with Crippen molar-refractivity contribution in [2.24, 2.45) is 0 Å². The molecule has 0 atom stereocenters. The van der Waals surface area contributed by atoms with Gasteiger partial charge in [0.25, 0.3) is 0 Å². The number of aryl methyl sites for hydroxylation is 2. The van der Waals surface area contributed by atoms with Crippen molar-refractivity contribution >= 4 is 16.6 Å². The second-order valence-electron chi connectivity index (χ2n) is 4.41. The van der Waals surface area contributed by atoms with Crippen LogP contribution < -0.4 is 5.73 Å². The van der Waals surface area contributed by atoms with Crippen LogP contribution in [0.2, 0.25) is 0 Å². The minimum atomic E-state index is 0.691. The zero-order valence-electron chi connectivity index (χ0n) is 10.4. The summed E-state index contributed by atoms with van der Waals surface area (Å²) in [7, 11) is 0. The Morgan fingerprint density at radius 2 is 2.00 bits per heavy atom. The molecule has 0 aliphatic carbocycles. The third-order valence-electron chi connectivity index (χ3n) is 3.02. The Labute approximate surface area is 105 Å². The number of anilines is 1. The molecule has 0 saturated heterocycles. The zero-order valence-corrected chi connectivity index (χ0v) is 10.4. The second-order valence-corrected chi connectivity index (χ2v) is 4.41. The van der Waals surface area contributed by atoms with Gasteiger partial charge in [-0.15, -0.1) is 0 Å². The Morgan fingerprint density at radius 1 is 1.17 bits per heavy atom. The molecule has 4 heteroatoms. The molecule has 0 amide bonds. The lowest BCUT2D eigenvalue weighted by Crippen LogP contribution is -2.01. The van der Waals surface area contributed by atoms with Gasteiger partial charge in [-0.1, -0.05) is 0 Å². The lowest BCUT2D eigenvalue weighted by atomic mass is 10.1. The quantitative estimate of drug-likeness (QED) is 0.663. The molecule has 3 aromatic rings. The molecule has 1 aromatic carbocycles. The van der Waals surface area contributed by atoms with Crippen molar-refractivity contribution in [3.8, 4) is 5.69 Å². The molecule has 18 heavy (non-hydrogen) atoms. The van der Waals surface area contributed by atoms with Crippen LogP contribution in [0.5, 0.6) is 0 Å². The molecule has 2 heterocycles. The SMILES string of the molecule is Cc1cc(C)n(-c2ccc(N)c3ncccc23)n1. The Balaban J connectivity index is 2.37. The van der Waals surface area contributed by atoms with Gasteiger partial charge in [-0.2, -0.15) is 5.10 Å². The van der Waals surface area contributed by atoms with Gasteiger partial charge < -0.3 is 5.73 Å². The van der Waals surface area contributed by atoms with Crippen molar-refractivity contribution in [1.82, 2.24) is 14.8 Å². The Hall–Kier alpha value is -2.36. The van der Waals surface area contributed by atoms with E-state index < -0.39 is 0 Å². The lowest BCUT2D eigenvalue weighted by Gasteiger charge is -2.09. The highest BCUT2D eigenvalue weighted by atomic mass is 15.3. The standard InChI is InChI=1S/C14H14N4/c1-9-8-10(2)18(17-9)13-6-5-12(15)14-11(13)4-3-7-16-14/h3-8H,15H2,1-2H3. The fourth-order valence-electron chi connectivity index (χ4n) is 2.24. The Morgan fingerprint density at radius 3 is 2.72 bits per heavy atom. The van der Waals surface area contributed by atoms with Gasteiger partial charge in [0, 0.05) is 17.3 Å². The van der Waals surface area contributed by atoms with Gasteiger partial charge in [-0.05, 0) is 44.2 Å². The molecule has 0 bridgehead atoms. The van der Waals surface area contributed by atoms with E-state index in [1.807, 2.05) is 42.8 Å². The van der Waals surface area contributed by atoms with Gasteiger partial charge in [0.15, 0.2) is 0 Å². The number of pyridine rings is 1. The van der Waals surface area contributed by atoms with E-state index in [0.29, 0.717) is 5.69 Å². The number of benzene rings is 1. The molecule has 2 aromatic heterocycles. The fraction of sp³-hybridized carbons (Fsp3) is 0.143. The van der Waals surface area contributed by atoms with E-state index in [4.69, 9.17) is 5.73 Å². The number of fused-ring (bicyclic) bond motifs is 1. The molecule has 0 aliphatic rings. The van der Waals surface area contributed by atoms with Crippen LogP contribution in [0, 0.1) is 13.8 Å². The average Bonchev–Trinajstić information content (AvgIpc) is 2.69. The number of aromatic nitrogens is 3. The van der Waals surface area contributed by atoms with E-state index in [9.17, 15) is 0 Å². The maximum Gasteiger partial charge on any atom is 0.0952 e. The van der Waals surface area contributed by atoms with Crippen LogP contribution in [0.4, 0.5) is 5.69 Å². The van der Waals surface area contributed by atoms with Gasteiger partial charge in [-0.3, -0.25) is 4.98 Å². The lowest BCUT2D eigenvalue weighted by molar-refractivity contribution is 0.839. The largest absolute Gasteiger partial charge is 0.397 e. The summed E-state index contributed by atoms with van der Waals surface area (Å²) in [6.07, 6.45) is 1.75. The van der Waals surface area contributed by atoms with E-state index in [2.05, 4.69) is 16.1 Å². The molecular weight excluding hydrogens is 224 g/mol. The first kappa shape index (κ1) is 10.8. The molecule has 2 N–H and O–H groups in total. The number of nitrogens with zero attached hydrogens (tertiary/aromatic N) is 3. The molecule has 0 radical (unpaired) electrons. The van der Waals surface area contributed by atoms with E-state index in [-0.39, 0.29) is 0 Å². The topological polar surface area (TPSA) is 56.7 Å². The number of rotatable bonds is 1. The highest BCUT2D eigenvalue weighted by molar-refractivity contribution is 5.95. The summed E-state index contributed by atoms with van der Waals surface area (Å²) < 4.78 is 1.93. The van der Waals surface area contributed by atoms with Gasteiger partial charge in [0.1, 0.15) is 0 Å². The molecule has 4 nitrogen and oxygen atoms in total. The average molecular weight is 238 g/mol. The van der Waals surface area contributed by atoms with Gasteiger partial charge in [-0.25, -0.2) is 4.68 Å². The highest BCUT2D eigenvalue weighted by Gasteiger charge is 2.09. The van der Waals surface area contributed by atoms with Crippen LogP contribution >= 0.6 is 0 Å². The summed E-state index contributed by atoms with van der Waals surface area (Å²) in [5.74, 6) is 0. The Kier molecular flexibility index (Phi) is 2.30. The van der Waals surface area contributed by atoms with Gasteiger partial charge in [0.2, 0.25) is 0 Å². The first-order valence-electron chi connectivity index (χ1n) is 5.83. The summed E-state index contributed by atoms with van der Waals surface area (Å²) in [5, 5.41) is 5.53. The first-order valence-corrected chi connectivity index (χ1v) is 5.83. The predicted octanol–water partition coefficient (Wildman–Crippen LogP) is 2.62. The first-order chi connectivity index (χ1) is 8.66. The van der Waals surface area contributed by atoms with Crippen LogP contribution in [0.3, 0.4) is 0 Å². The van der Waals surface area contributed by atoms with Crippen molar-refractivity contribution in [3.05, 3.63) is 47.9 Å². The number of nitrogens with two attached hydrogens (primary N) is 1. The maximum absolute atomic E-state index is 5.95. The molecule has 0 unspecified atom stereocenters. The molecule has 0 fully saturated rings. The van der Waals surface area contributed by atoms with Crippen LogP contribution in [0.25, 0.3) is 16.6 Å². The van der Waals surface area contributed by atoms with E-state index in [1.165, 1.54) is 0 Å². The molecule has 90 valence electrons. The molecule has 0 saturated carbocycles. The van der Waals surface area contributed by atoms with E-state index in [0.717, 1.165) is 28.0 Å². The minimum absolute atomic E-state index is 0.691. The summed E-state index contributed by atoms with van der Waals surface area (Å²) in [4.78, 5) is 4.34. The van der Waals surface area contributed by atoms with Crippen molar-refractivity contribution < 1.29 is 0 Å². The van der Waals surface area contributed by atoms with Crippen LogP contribution in [-0.4, -0.2) is 14.8 Å². The van der Waals surface area contributed by atoms with Crippen molar-refractivity contribution in [3.63, 3.8) is 0 Å². The summed E-state index contributed by atoms with van der Waals surface area (Å²) in [6, 6.07) is 9.85.